The van der Waals surface area contributed by atoms with Gasteiger partial charge in [-0.05, 0) is 17.7 Å². The van der Waals surface area contributed by atoms with E-state index in [9.17, 15) is 0 Å². The summed E-state index contributed by atoms with van der Waals surface area (Å²) >= 11 is 4.10. The first-order valence-corrected chi connectivity index (χ1v) is 6.68. The van der Waals surface area contributed by atoms with Gasteiger partial charge in [-0.2, -0.15) is 0 Å². The number of rotatable bonds is 3. The predicted octanol–water partition coefficient (Wildman–Crippen LogP) is 3.93. The molecule has 2 heteroatoms. The van der Waals surface area contributed by atoms with Crippen molar-refractivity contribution in [2.45, 2.75) is 37.9 Å². The molecule has 0 radical (unpaired) electrons. The van der Waals surface area contributed by atoms with Crippen LogP contribution < -0.4 is 0 Å². The van der Waals surface area contributed by atoms with Crippen molar-refractivity contribution in [2.24, 2.45) is 0 Å². The molecule has 0 aromatic heterocycles. The van der Waals surface area contributed by atoms with Crippen molar-refractivity contribution in [2.75, 3.05) is 11.5 Å². The van der Waals surface area contributed by atoms with E-state index < -0.39 is 0 Å². The molecule has 0 bridgehead atoms. The Morgan fingerprint density at radius 1 is 1.42 bits per heavy atom. The minimum atomic E-state index is 0.414. The minimum Gasteiger partial charge on any atom is -0.149 e. The van der Waals surface area contributed by atoms with E-state index in [1.54, 1.807) is 0 Å². The molecule has 1 rings (SSSR count). The molecule has 1 unspecified atom stereocenters. The molecule has 0 amide bonds. The molecule has 12 heavy (non-hydrogen) atoms. The first kappa shape index (κ1) is 10.5. The van der Waals surface area contributed by atoms with Crippen LogP contribution in [0, 0.1) is 0 Å². The molecule has 0 aliphatic carbocycles. The maximum Gasteiger partial charge on any atom is 0.0459 e. The summed E-state index contributed by atoms with van der Waals surface area (Å²) in [6, 6.07) is 0. The van der Waals surface area contributed by atoms with Gasteiger partial charge < -0.3 is 0 Å². The Morgan fingerprint density at radius 2 is 2.17 bits per heavy atom. The predicted molar refractivity (Wildman–Crippen MR) is 62.0 cm³/mol. The Hall–Kier alpha value is 0.440. The minimum absolute atomic E-state index is 0.414. The van der Waals surface area contributed by atoms with E-state index in [2.05, 4.69) is 32.2 Å². The van der Waals surface area contributed by atoms with E-state index in [4.69, 9.17) is 0 Å². The third kappa shape index (κ3) is 2.02. The van der Waals surface area contributed by atoms with Crippen molar-refractivity contribution in [3.8, 4) is 0 Å². The third-order valence-corrected chi connectivity index (χ3v) is 5.71. The molecule has 0 saturated carbocycles. The van der Waals surface area contributed by atoms with Gasteiger partial charge in [-0.3, -0.25) is 0 Å². The Labute approximate surface area is 84.6 Å². The normalized spacial score (nSPS) is 30.7. The summed E-state index contributed by atoms with van der Waals surface area (Å²) < 4.78 is 0.414. The van der Waals surface area contributed by atoms with Crippen LogP contribution in [0.3, 0.4) is 0 Å². The summed E-state index contributed by atoms with van der Waals surface area (Å²) in [5.74, 6) is 2.56. The third-order valence-electron chi connectivity index (χ3n) is 2.47. The highest BCUT2D eigenvalue weighted by Gasteiger charge is 2.33. The van der Waals surface area contributed by atoms with Crippen LogP contribution in [-0.2, 0) is 0 Å². The van der Waals surface area contributed by atoms with Gasteiger partial charge in [0.05, 0.1) is 0 Å². The van der Waals surface area contributed by atoms with Crippen LogP contribution in [0.5, 0.6) is 0 Å². The van der Waals surface area contributed by atoms with E-state index in [-0.39, 0.29) is 0 Å². The molecular weight excluding hydrogens is 184 g/mol. The van der Waals surface area contributed by atoms with Crippen LogP contribution >= 0.6 is 23.5 Å². The lowest BCUT2D eigenvalue weighted by atomic mass is 9.99. The molecule has 1 saturated heterocycles. The van der Waals surface area contributed by atoms with Crippen molar-refractivity contribution in [1.82, 2.24) is 0 Å². The monoisotopic (exact) mass is 202 g/mol. The van der Waals surface area contributed by atoms with Gasteiger partial charge in [-0.15, -0.1) is 23.5 Å². The van der Waals surface area contributed by atoms with Crippen LogP contribution in [0.1, 0.15) is 33.1 Å². The fourth-order valence-corrected chi connectivity index (χ4v) is 4.59. The lowest BCUT2D eigenvalue weighted by Gasteiger charge is -2.37. The van der Waals surface area contributed by atoms with Gasteiger partial charge in [0, 0.05) is 16.3 Å². The fraction of sp³-hybridized carbons (Fsp3) is 0.800. The molecule has 1 aliphatic heterocycles. The maximum absolute atomic E-state index is 4.20. The highest BCUT2D eigenvalue weighted by atomic mass is 32.2. The molecule has 0 aromatic carbocycles. The molecule has 1 aliphatic rings. The summed E-state index contributed by atoms with van der Waals surface area (Å²) in [5, 5.41) is 0. The zero-order chi connectivity index (χ0) is 9.03. The van der Waals surface area contributed by atoms with Crippen LogP contribution in [0.2, 0.25) is 0 Å². The van der Waals surface area contributed by atoms with E-state index in [1.807, 2.05) is 11.8 Å². The molecule has 0 nitrogen and oxygen atoms in total. The van der Waals surface area contributed by atoms with Gasteiger partial charge in [-0.25, -0.2) is 0 Å². The largest absolute Gasteiger partial charge is 0.149 e. The van der Waals surface area contributed by atoms with Crippen molar-refractivity contribution in [3.63, 3.8) is 0 Å². The van der Waals surface area contributed by atoms with E-state index in [1.165, 1.54) is 35.7 Å². The van der Waals surface area contributed by atoms with E-state index in [0.29, 0.717) is 4.75 Å². The van der Waals surface area contributed by atoms with Crippen molar-refractivity contribution < 1.29 is 0 Å². The lowest BCUT2D eigenvalue weighted by Crippen LogP contribution is -2.28. The number of hydrogen-bond donors (Lipinski definition) is 0. The highest BCUT2D eigenvalue weighted by molar-refractivity contribution is 8.09. The number of hydrogen-bond acceptors (Lipinski definition) is 2. The van der Waals surface area contributed by atoms with Crippen molar-refractivity contribution in [3.05, 3.63) is 11.5 Å². The van der Waals surface area contributed by atoms with Gasteiger partial charge >= 0.3 is 0 Å². The summed E-state index contributed by atoms with van der Waals surface area (Å²) in [6.07, 6.45) is 3.83. The van der Waals surface area contributed by atoms with Crippen LogP contribution in [-0.4, -0.2) is 16.3 Å². The topological polar surface area (TPSA) is 0 Å². The quantitative estimate of drug-likeness (QED) is 0.680. The van der Waals surface area contributed by atoms with Crippen LogP contribution in [0.25, 0.3) is 0 Å². The Kier molecular flexibility index (Phi) is 4.04. The zero-order valence-electron chi connectivity index (χ0n) is 8.06. The van der Waals surface area contributed by atoms with Crippen molar-refractivity contribution in [1.29, 1.82) is 0 Å². The average Bonchev–Trinajstić information content (AvgIpc) is 2.10. The van der Waals surface area contributed by atoms with E-state index >= 15 is 0 Å². The lowest BCUT2D eigenvalue weighted by molar-refractivity contribution is 0.603. The first-order chi connectivity index (χ1) is 5.75. The van der Waals surface area contributed by atoms with Crippen molar-refractivity contribution >= 4 is 23.5 Å². The molecule has 1 heterocycles. The first-order valence-electron chi connectivity index (χ1n) is 4.71. The van der Waals surface area contributed by atoms with Crippen LogP contribution in [0.4, 0.5) is 0 Å². The summed E-state index contributed by atoms with van der Waals surface area (Å²) in [4.78, 5) is 1.42. The smallest absolute Gasteiger partial charge is 0.0459 e. The van der Waals surface area contributed by atoms with Gasteiger partial charge in [0.15, 0.2) is 0 Å². The summed E-state index contributed by atoms with van der Waals surface area (Å²) in [7, 11) is 0. The fourth-order valence-electron chi connectivity index (χ4n) is 1.71. The summed E-state index contributed by atoms with van der Waals surface area (Å²) in [6.45, 7) is 8.76. The molecule has 0 N–H and O–H groups in total. The second-order valence-corrected chi connectivity index (χ2v) is 5.89. The summed E-state index contributed by atoms with van der Waals surface area (Å²) in [5.41, 5.74) is 0. The zero-order valence-corrected chi connectivity index (χ0v) is 9.69. The molecular formula is C10H18S2. The SMILES string of the molecule is C=C1SCCSC1(CC)CCC. The van der Waals surface area contributed by atoms with Gasteiger partial charge in [0.1, 0.15) is 0 Å². The van der Waals surface area contributed by atoms with Gasteiger partial charge in [0.25, 0.3) is 0 Å². The molecule has 1 atom stereocenters. The van der Waals surface area contributed by atoms with E-state index in [0.717, 1.165) is 0 Å². The number of thioether (sulfide) groups is 2. The second kappa shape index (κ2) is 4.61. The molecule has 0 aromatic rings. The van der Waals surface area contributed by atoms with Gasteiger partial charge in [-0.1, -0.05) is 26.8 Å². The standard InChI is InChI=1S/C10H18S2/c1-4-6-10(5-2)9(3)11-7-8-12-10/h3-8H2,1-2H3. The van der Waals surface area contributed by atoms with Gasteiger partial charge in [0.2, 0.25) is 0 Å². The highest BCUT2D eigenvalue weighted by Crippen LogP contribution is 2.48. The molecule has 1 fully saturated rings. The second-order valence-electron chi connectivity index (χ2n) is 3.22. The Bertz CT molecular complexity index is 161. The molecule has 0 spiro atoms. The molecule has 70 valence electrons. The van der Waals surface area contributed by atoms with Crippen LogP contribution in [0.15, 0.2) is 11.5 Å². The average molecular weight is 202 g/mol. The Morgan fingerprint density at radius 3 is 2.67 bits per heavy atom. The maximum atomic E-state index is 4.20. The Balaban J connectivity index is 2.66.